The van der Waals surface area contributed by atoms with Crippen molar-refractivity contribution >= 4 is 22.5 Å². The average Bonchev–Trinajstić information content (AvgIpc) is 2.53. The third-order valence-electron chi connectivity index (χ3n) is 3.09. The van der Waals surface area contributed by atoms with Gasteiger partial charge in [-0.05, 0) is 18.2 Å². The molecule has 3 aromatic rings. The van der Waals surface area contributed by atoms with Crippen molar-refractivity contribution in [2.45, 2.75) is 0 Å². The molecule has 0 unspecified atom stereocenters. The second-order valence-corrected chi connectivity index (χ2v) is 4.50. The largest absolute Gasteiger partial charge is 1.00 e. The van der Waals surface area contributed by atoms with Crippen molar-refractivity contribution in [2.75, 3.05) is 0 Å². The summed E-state index contributed by atoms with van der Waals surface area (Å²) in [6.07, 6.45) is 0. The third kappa shape index (κ3) is 3.37. The summed E-state index contributed by atoms with van der Waals surface area (Å²) in [5, 5.41) is 10.6. The number of benzene rings is 2. The summed E-state index contributed by atoms with van der Waals surface area (Å²) in [5.41, 5.74) is -0.162. The number of nitro benzene ring substituents is 1. The van der Waals surface area contributed by atoms with Gasteiger partial charge in [0.1, 0.15) is 11.3 Å². The third-order valence-corrected chi connectivity index (χ3v) is 3.09. The van der Waals surface area contributed by atoms with E-state index in [2.05, 4.69) is 9.97 Å². The van der Waals surface area contributed by atoms with Gasteiger partial charge in [0.05, 0.1) is 4.92 Å². The predicted octanol–water partition coefficient (Wildman–Crippen LogP) is -1.30. The molecule has 0 aliphatic rings. The topological polar surface area (TPSA) is 104 Å². The van der Waals surface area contributed by atoms with E-state index < -0.39 is 16.3 Å². The van der Waals surface area contributed by atoms with E-state index in [4.69, 9.17) is 0 Å². The number of carbonyl (C=O) groups is 1. The SMILES string of the molecule is O=C(c1ccc([N+](=O)[O-])cc1)c1nc2ccccc2[n-]c1=O.[Na+]. The van der Waals surface area contributed by atoms with Gasteiger partial charge in [0.15, 0.2) is 0 Å². The van der Waals surface area contributed by atoms with Crippen LogP contribution in [0.4, 0.5) is 5.69 Å². The molecule has 0 saturated heterocycles. The van der Waals surface area contributed by atoms with Crippen LogP contribution in [-0.4, -0.2) is 15.7 Å². The number of nitro groups is 1. The molecule has 0 fully saturated rings. The Labute approximate surface area is 151 Å². The van der Waals surface area contributed by atoms with Gasteiger partial charge in [-0.15, -0.1) is 5.52 Å². The van der Waals surface area contributed by atoms with Crippen molar-refractivity contribution in [3.63, 3.8) is 0 Å². The van der Waals surface area contributed by atoms with Crippen molar-refractivity contribution in [2.24, 2.45) is 0 Å². The van der Waals surface area contributed by atoms with Crippen LogP contribution in [0.2, 0.25) is 0 Å². The summed E-state index contributed by atoms with van der Waals surface area (Å²) in [6.45, 7) is 0. The second-order valence-electron chi connectivity index (χ2n) is 4.50. The zero-order chi connectivity index (χ0) is 15.7. The first-order chi connectivity index (χ1) is 10.6. The van der Waals surface area contributed by atoms with Gasteiger partial charge in [-0.2, -0.15) is 0 Å². The van der Waals surface area contributed by atoms with Crippen LogP contribution >= 0.6 is 0 Å². The normalized spacial score (nSPS) is 10.1. The fourth-order valence-electron chi connectivity index (χ4n) is 2.00. The van der Waals surface area contributed by atoms with Gasteiger partial charge >= 0.3 is 29.6 Å². The van der Waals surface area contributed by atoms with Crippen LogP contribution < -0.4 is 40.1 Å². The molecule has 3 rings (SSSR count). The first-order valence-corrected chi connectivity index (χ1v) is 6.29. The zero-order valence-electron chi connectivity index (χ0n) is 12.1. The number of fused-ring (bicyclic) bond motifs is 1. The number of rotatable bonds is 3. The second kappa shape index (κ2) is 6.82. The molecule has 1 aromatic heterocycles. The molecule has 0 saturated carbocycles. The van der Waals surface area contributed by atoms with Crippen LogP contribution in [0.3, 0.4) is 0 Å². The van der Waals surface area contributed by atoms with E-state index >= 15 is 0 Å². The fraction of sp³-hybridized carbons (Fsp3) is 0. The van der Waals surface area contributed by atoms with E-state index in [0.717, 1.165) is 0 Å². The van der Waals surface area contributed by atoms with Crippen LogP contribution in [0.1, 0.15) is 16.1 Å². The van der Waals surface area contributed by atoms with E-state index in [1.165, 1.54) is 24.3 Å². The first-order valence-electron chi connectivity index (χ1n) is 6.29. The molecular formula is C15H8N3NaO4. The first kappa shape index (κ1) is 17.0. The summed E-state index contributed by atoms with van der Waals surface area (Å²) in [6, 6.07) is 11.7. The minimum Gasteiger partial charge on any atom is -0.619 e. The number of nitrogens with zero attached hydrogens (tertiary/aromatic N) is 3. The van der Waals surface area contributed by atoms with E-state index in [9.17, 15) is 19.7 Å². The van der Waals surface area contributed by atoms with Crippen molar-refractivity contribution in [1.82, 2.24) is 9.97 Å². The van der Waals surface area contributed by atoms with E-state index in [1.54, 1.807) is 24.3 Å². The molecule has 0 aliphatic heterocycles. The Morgan fingerprint density at radius 1 is 1.09 bits per heavy atom. The summed E-state index contributed by atoms with van der Waals surface area (Å²) >= 11 is 0. The minimum absolute atomic E-state index is 0. The Morgan fingerprint density at radius 2 is 1.74 bits per heavy atom. The molecule has 0 amide bonds. The van der Waals surface area contributed by atoms with Crippen LogP contribution in [0.15, 0.2) is 53.3 Å². The predicted molar refractivity (Wildman–Crippen MR) is 77.9 cm³/mol. The number of carbonyl (C=O) groups excluding carboxylic acids is 1. The summed E-state index contributed by atoms with van der Waals surface area (Å²) in [5.74, 6) is -0.613. The van der Waals surface area contributed by atoms with Crippen LogP contribution in [0, 0.1) is 10.1 Å². The van der Waals surface area contributed by atoms with Gasteiger partial charge in [-0.3, -0.25) is 14.9 Å². The van der Waals surface area contributed by atoms with Crippen LogP contribution in [0.25, 0.3) is 11.0 Å². The Kier molecular flexibility index (Phi) is 5.05. The molecule has 0 atom stereocenters. The van der Waals surface area contributed by atoms with Crippen LogP contribution in [0.5, 0.6) is 0 Å². The summed E-state index contributed by atoms with van der Waals surface area (Å²) < 4.78 is 0. The van der Waals surface area contributed by atoms with Gasteiger partial charge in [-0.25, -0.2) is 4.98 Å². The Bertz CT molecular complexity index is 951. The van der Waals surface area contributed by atoms with Crippen molar-refractivity contribution in [1.29, 1.82) is 0 Å². The maximum atomic E-state index is 12.3. The average molecular weight is 317 g/mol. The number of hydrogen-bond donors (Lipinski definition) is 0. The minimum atomic E-state index is -0.720. The Balaban J connectivity index is 0.00000192. The molecule has 8 heteroatoms. The molecule has 108 valence electrons. The fourth-order valence-corrected chi connectivity index (χ4v) is 2.00. The maximum absolute atomic E-state index is 12.3. The summed E-state index contributed by atoms with van der Waals surface area (Å²) in [7, 11) is 0. The quantitative estimate of drug-likeness (QED) is 0.257. The number of non-ortho nitro benzene ring substituents is 1. The monoisotopic (exact) mass is 317 g/mol. The Hall–Kier alpha value is -2.35. The van der Waals surface area contributed by atoms with Crippen molar-refractivity contribution < 1.29 is 39.3 Å². The molecule has 0 aliphatic carbocycles. The standard InChI is InChI=1S/C15H9N3O4.Na/c19-14(9-5-7-10(8-6-9)18(21)22)13-15(20)17-12-4-2-1-3-11(12)16-13;/h1-8H,(H,17,19,20);/q;+1/p-1. The smallest absolute Gasteiger partial charge is 0.619 e. The molecule has 23 heavy (non-hydrogen) atoms. The maximum Gasteiger partial charge on any atom is 1.00 e. The zero-order valence-corrected chi connectivity index (χ0v) is 14.1. The van der Waals surface area contributed by atoms with E-state index in [1.807, 2.05) is 0 Å². The van der Waals surface area contributed by atoms with Gasteiger partial charge in [0.2, 0.25) is 5.78 Å². The van der Waals surface area contributed by atoms with Gasteiger partial charge in [0, 0.05) is 23.2 Å². The van der Waals surface area contributed by atoms with E-state index in [0.29, 0.717) is 11.0 Å². The van der Waals surface area contributed by atoms with Crippen LogP contribution in [-0.2, 0) is 0 Å². The molecule has 1 heterocycles. The Morgan fingerprint density at radius 3 is 2.39 bits per heavy atom. The molecule has 0 radical (unpaired) electrons. The van der Waals surface area contributed by atoms with Crippen molar-refractivity contribution in [3.8, 4) is 0 Å². The molecule has 2 aromatic carbocycles. The van der Waals surface area contributed by atoms with Gasteiger partial charge in [-0.1, -0.05) is 18.2 Å². The molecule has 0 N–H and O–H groups in total. The number of aromatic nitrogens is 2. The molecule has 0 bridgehead atoms. The number of ketones is 1. The number of para-hydroxylation sites is 2. The van der Waals surface area contributed by atoms with Crippen molar-refractivity contribution in [3.05, 3.63) is 80.3 Å². The van der Waals surface area contributed by atoms with Gasteiger partial charge in [0.25, 0.3) is 5.69 Å². The van der Waals surface area contributed by atoms with Gasteiger partial charge < -0.3 is 9.78 Å². The molecule has 0 spiro atoms. The molecule has 7 nitrogen and oxygen atoms in total. The molecular weight excluding hydrogens is 309 g/mol. The summed E-state index contributed by atoms with van der Waals surface area (Å²) in [4.78, 5) is 42.1. The number of hydrogen-bond acceptors (Lipinski definition) is 5. The van der Waals surface area contributed by atoms with E-state index in [-0.39, 0.29) is 46.5 Å².